The van der Waals surface area contributed by atoms with Crippen molar-refractivity contribution in [2.24, 2.45) is 0 Å². The molecule has 2 amide bonds. The Kier molecular flexibility index (Phi) is 10.8. The van der Waals surface area contributed by atoms with Crippen LogP contribution in [0.2, 0.25) is 0 Å². The predicted octanol–water partition coefficient (Wildman–Crippen LogP) is 4.25. The Morgan fingerprint density at radius 2 is 1.68 bits per heavy atom. The maximum Gasteiger partial charge on any atom is 0.306 e. The first-order chi connectivity index (χ1) is 15.0. The molecule has 31 heavy (non-hydrogen) atoms. The van der Waals surface area contributed by atoms with E-state index in [0.29, 0.717) is 26.2 Å². The average Bonchev–Trinajstić information content (AvgIpc) is 3.28. The lowest BCUT2D eigenvalue weighted by molar-refractivity contribution is -0.146. The first-order valence-corrected chi connectivity index (χ1v) is 11.7. The van der Waals surface area contributed by atoms with E-state index in [4.69, 9.17) is 4.74 Å². The highest BCUT2D eigenvalue weighted by molar-refractivity contribution is 7.09. The van der Waals surface area contributed by atoms with E-state index in [0.717, 1.165) is 23.3 Å². The summed E-state index contributed by atoms with van der Waals surface area (Å²) in [5.41, 5.74) is 1.04. The molecule has 0 saturated carbocycles. The zero-order valence-electron chi connectivity index (χ0n) is 18.4. The maximum atomic E-state index is 13.2. The zero-order valence-corrected chi connectivity index (χ0v) is 19.2. The molecule has 0 unspecified atom stereocenters. The van der Waals surface area contributed by atoms with Crippen molar-refractivity contribution in [1.82, 2.24) is 9.80 Å². The highest BCUT2D eigenvalue weighted by Gasteiger charge is 2.22. The molecule has 1 aromatic heterocycles. The van der Waals surface area contributed by atoms with E-state index in [-0.39, 0.29) is 37.2 Å². The van der Waals surface area contributed by atoms with Crippen LogP contribution in [-0.4, -0.2) is 47.3 Å². The third-order valence-electron chi connectivity index (χ3n) is 4.80. The largest absolute Gasteiger partial charge is 0.466 e. The van der Waals surface area contributed by atoms with Gasteiger partial charge in [0.05, 0.1) is 26.1 Å². The predicted molar refractivity (Wildman–Crippen MR) is 122 cm³/mol. The van der Waals surface area contributed by atoms with Crippen LogP contribution < -0.4 is 0 Å². The minimum atomic E-state index is -0.388. The third-order valence-corrected chi connectivity index (χ3v) is 5.67. The Morgan fingerprint density at radius 3 is 2.32 bits per heavy atom. The number of amides is 2. The number of thiophene rings is 1. The van der Waals surface area contributed by atoms with Gasteiger partial charge in [0.2, 0.25) is 11.8 Å². The summed E-state index contributed by atoms with van der Waals surface area (Å²) in [5, 5.41) is 1.99. The smallest absolute Gasteiger partial charge is 0.306 e. The van der Waals surface area contributed by atoms with Gasteiger partial charge in [-0.1, -0.05) is 49.7 Å². The second-order valence-electron chi connectivity index (χ2n) is 7.29. The van der Waals surface area contributed by atoms with Crippen LogP contribution in [0.25, 0.3) is 0 Å². The molecule has 6 nitrogen and oxygen atoms in total. The lowest BCUT2D eigenvalue weighted by atomic mass is 10.2. The van der Waals surface area contributed by atoms with Crippen molar-refractivity contribution < 1.29 is 19.1 Å². The van der Waals surface area contributed by atoms with Crippen molar-refractivity contribution in [2.75, 3.05) is 19.7 Å². The highest BCUT2D eigenvalue weighted by Crippen LogP contribution is 2.15. The van der Waals surface area contributed by atoms with Gasteiger partial charge in [-0.05, 0) is 30.4 Å². The van der Waals surface area contributed by atoms with Crippen LogP contribution in [0.15, 0.2) is 47.8 Å². The molecule has 168 valence electrons. The first kappa shape index (κ1) is 24.6. The van der Waals surface area contributed by atoms with Crippen LogP contribution in [0.5, 0.6) is 0 Å². The zero-order chi connectivity index (χ0) is 22.5. The summed E-state index contributed by atoms with van der Waals surface area (Å²) >= 11 is 1.61. The van der Waals surface area contributed by atoms with Crippen molar-refractivity contribution in [2.45, 2.75) is 52.6 Å². The number of hydrogen-bond acceptors (Lipinski definition) is 5. The van der Waals surface area contributed by atoms with Crippen molar-refractivity contribution in [3.63, 3.8) is 0 Å². The van der Waals surface area contributed by atoms with E-state index in [2.05, 4.69) is 0 Å². The van der Waals surface area contributed by atoms with Crippen molar-refractivity contribution in [1.29, 1.82) is 0 Å². The van der Waals surface area contributed by atoms with E-state index in [9.17, 15) is 14.4 Å². The summed E-state index contributed by atoms with van der Waals surface area (Å²) in [5.74, 6) is -0.676. The molecule has 1 aromatic carbocycles. The number of unbranched alkanes of at least 4 members (excludes halogenated alkanes) is 1. The van der Waals surface area contributed by atoms with Crippen LogP contribution in [0.4, 0.5) is 0 Å². The topological polar surface area (TPSA) is 66.9 Å². The third kappa shape index (κ3) is 8.92. The maximum absolute atomic E-state index is 13.2. The standard InChI is InChI=1S/C24H32N2O4S/c1-3-5-15-25(22(27)13-14-24(29)30-4-2)19-23(28)26(18-21-12-9-16-31-21)17-20-10-7-6-8-11-20/h6-12,16H,3-5,13-15,17-19H2,1-2H3. The molecule has 2 rings (SSSR count). The Labute approximate surface area is 188 Å². The summed E-state index contributed by atoms with van der Waals surface area (Å²) in [6, 6.07) is 13.8. The lowest BCUT2D eigenvalue weighted by Gasteiger charge is -2.27. The molecule has 0 fully saturated rings. The summed E-state index contributed by atoms with van der Waals surface area (Å²) in [6.07, 6.45) is 1.81. The fraction of sp³-hybridized carbons (Fsp3) is 0.458. The Balaban J connectivity index is 2.07. The Hall–Kier alpha value is -2.67. The number of nitrogens with zero attached hydrogens (tertiary/aromatic N) is 2. The first-order valence-electron chi connectivity index (χ1n) is 10.8. The van der Waals surface area contributed by atoms with Gasteiger partial charge < -0.3 is 14.5 Å². The van der Waals surface area contributed by atoms with Gasteiger partial charge in [-0.25, -0.2) is 0 Å². The van der Waals surface area contributed by atoms with Gasteiger partial charge in [-0.3, -0.25) is 14.4 Å². The number of carbonyl (C=O) groups is 3. The van der Waals surface area contributed by atoms with Crippen LogP contribution >= 0.6 is 11.3 Å². The van der Waals surface area contributed by atoms with Crippen molar-refractivity contribution >= 4 is 29.1 Å². The minimum absolute atomic E-state index is 0.0138. The normalized spacial score (nSPS) is 10.5. The molecule has 0 bridgehead atoms. The monoisotopic (exact) mass is 444 g/mol. The number of hydrogen-bond donors (Lipinski definition) is 0. The van der Waals surface area contributed by atoms with Crippen LogP contribution in [0.3, 0.4) is 0 Å². The summed E-state index contributed by atoms with van der Waals surface area (Å²) < 4.78 is 4.91. The van der Waals surface area contributed by atoms with E-state index in [1.165, 1.54) is 0 Å². The van der Waals surface area contributed by atoms with Gasteiger partial charge >= 0.3 is 5.97 Å². The molecular formula is C24H32N2O4S. The average molecular weight is 445 g/mol. The number of esters is 1. The Morgan fingerprint density at radius 1 is 0.903 bits per heavy atom. The molecule has 7 heteroatoms. The fourth-order valence-corrected chi connectivity index (χ4v) is 3.85. The summed E-state index contributed by atoms with van der Waals surface area (Å²) in [4.78, 5) is 42.1. The molecule has 0 aliphatic heterocycles. The second kappa shape index (κ2) is 13.6. The van der Waals surface area contributed by atoms with Crippen LogP contribution in [0.1, 0.15) is 50.0 Å². The molecule has 2 aromatic rings. The second-order valence-corrected chi connectivity index (χ2v) is 8.32. The molecule has 0 N–H and O–H groups in total. The fourth-order valence-electron chi connectivity index (χ4n) is 3.13. The van der Waals surface area contributed by atoms with Crippen LogP contribution in [0, 0.1) is 0 Å². The summed E-state index contributed by atoms with van der Waals surface area (Å²) in [7, 11) is 0. The van der Waals surface area contributed by atoms with E-state index in [1.807, 2.05) is 54.8 Å². The number of carbonyl (C=O) groups excluding carboxylic acids is 3. The molecule has 0 atom stereocenters. The van der Waals surface area contributed by atoms with Crippen molar-refractivity contribution in [3.8, 4) is 0 Å². The quantitative estimate of drug-likeness (QED) is 0.433. The minimum Gasteiger partial charge on any atom is -0.466 e. The van der Waals surface area contributed by atoms with Gasteiger partial charge in [-0.15, -0.1) is 11.3 Å². The summed E-state index contributed by atoms with van der Waals surface area (Å²) in [6.45, 7) is 5.58. The van der Waals surface area contributed by atoms with Gasteiger partial charge in [0.15, 0.2) is 0 Å². The van der Waals surface area contributed by atoms with Crippen molar-refractivity contribution in [3.05, 3.63) is 58.3 Å². The van der Waals surface area contributed by atoms with Crippen LogP contribution in [-0.2, 0) is 32.2 Å². The van der Waals surface area contributed by atoms with Gasteiger partial charge in [0.25, 0.3) is 0 Å². The molecule has 0 saturated heterocycles. The van der Waals surface area contributed by atoms with E-state index < -0.39 is 0 Å². The molecule has 0 aliphatic rings. The highest BCUT2D eigenvalue weighted by atomic mass is 32.1. The number of rotatable bonds is 13. The van der Waals surface area contributed by atoms with Gasteiger partial charge in [0.1, 0.15) is 0 Å². The number of ether oxygens (including phenoxy) is 1. The van der Waals surface area contributed by atoms with Gasteiger partial charge in [-0.2, -0.15) is 0 Å². The van der Waals surface area contributed by atoms with Gasteiger partial charge in [0, 0.05) is 24.4 Å². The molecule has 0 aliphatic carbocycles. The number of benzene rings is 1. The molecule has 0 radical (unpaired) electrons. The SMILES string of the molecule is CCCCN(CC(=O)N(Cc1ccccc1)Cc1cccs1)C(=O)CCC(=O)OCC. The van der Waals surface area contributed by atoms with E-state index in [1.54, 1.807) is 28.1 Å². The molecule has 1 heterocycles. The van der Waals surface area contributed by atoms with E-state index >= 15 is 0 Å². The molecule has 0 spiro atoms. The molecular weight excluding hydrogens is 412 g/mol. The lowest BCUT2D eigenvalue weighted by Crippen LogP contribution is -2.43. The Bertz CT molecular complexity index is 808.